The Bertz CT molecular complexity index is 1220. The standard InChI is InChI=1S/C27H34N6O3S/c1-5-11-33(27-29-22(18-37-27)25(34)36-6-2)23-16-20(8-7-19(23)3)21-9-10-24(28-17-21)30-26(35)32-14-12-31(4)13-15-32/h7-10,16-18H,5-6,11-15H2,1-4H3,(H,28,30,35). The third-order valence-corrected chi connectivity index (χ3v) is 7.14. The maximum Gasteiger partial charge on any atom is 0.357 e. The number of hydrogen-bond acceptors (Lipinski definition) is 8. The van der Waals surface area contributed by atoms with Crippen LogP contribution in [0.5, 0.6) is 0 Å². The fourth-order valence-corrected chi connectivity index (χ4v) is 4.98. The van der Waals surface area contributed by atoms with Gasteiger partial charge in [0.25, 0.3) is 0 Å². The molecule has 1 saturated heterocycles. The maximum absolute atomic E-state index is 12.6. The second-order valence-electron chi connectivity index (χ2n) is 9.04. The van der Waals surface area contributed by atoms with Crippen molar-refractivity contribution in [1.29, 1.82) is 0 Å². The van der Waals surface area contributed by atoms with Gasteiger partial charge < -0.3 is 19.4 Å². The second-order valence-corrected chi connectivity index (χ2v) is 9.88. The fraction of sp³-hybridized carbons (Fsp3) is 0.407. The first-order valence-electron chi connectivity index (χ1n) is 12.6. The van der Waals surface area contributed by atoms with Crippen LogP contribution in [0, 0.1) is 6.92 Å². The summed E-state index contributed by atoms with van der Waals surface area (Å²) in [6.45, 7) is 10.2. The van der Waals surface area contributed by atoms with E-state index in [0.29, 0.717) is 31.2 Å². The number of carbonyl (C=O) groups is 2. The molecule has 2 amide bonds. The molecule has 1 fully saturated rings. The predicted octanol–water partition coefficient (Wildman–Crippen LogP) is 5.02. The number of likely N-dealkylation sites (N-methyl/N-ethyl adjacent to an activating group) is 1. The van der Waals surface area contributed by atoms with Gasteiger partial charge in [-0.25, -0.2) is 19.6 Å². The molecule has 3 aromatic rings. The van der Waals surface area contributed by atoms with Crippen molar-refractivity contribution < 1.29 is 14.3 Å². The summed E-state index contributed by atoms with van der Waals surface area (Å²) in [5.74, 6) is 0.125. The van der Waals surface area contributed by atoms with Crippen molar-refractivity contribution in [3.63, 3.8) is 0 Å². The molecule has 0 saturated carbocycles. The fourth-order valence-electron chi connectivity index (χ4n) is 4.15. The molecule has 0 spiro atoms. The van der Waals surface area contributed by atoms with Crippen molar-refractivity contribution in [1.82, 2.24) is 19.8 Å². The van der Waals surface area contributed by atoms with Crippen LogP contribution in [0.3, 0.4) is 0 Å². The lowest BCUT2D eigenvalue weighted by atomic mass is 10.0. The molecule has 0 radical (unpaired) electrons. The summed E-state index contributed by atoms with van der Waals surface area (Å²) in [7, 11) is 2.06. The Morgan fingerprint density at radius 2 is 1.86 bits per heavy atom. The number of thiazole rings is 1. The Labute approximate surface area is 222 Å². The zero-order chi connectivity index (χ0) is 26.4. The SMILES string of the molecule is CCCN(c1nc(C(=O)OCC)cs1)c1cc(-c2ccc(NC(=O)N3CCN(C)CC3)nc2)ccc1C. The topological polar surface area (TPSA) is 90.9 Å². The Kier molecular flexibility index (Phi) is 8.73. The molecule has 1 aromatic carbocycles. The van der Waals surface area contributed by atoms with E-state index >= 15 is 0 Å². The smallest absolute Gasteiger partial charge is 0.357 e. The lowest BCUT2D eigenvalue weighted by molar-refractivity contribution is 0.0520. The first-order valence-corrected chi connectivity index (χ1v) is 13.5. The van der Waals surface area contributed by atoms with E-state index in [1.165, 1.54) is 11.3 Å². The van der Waals surface area contributed by atoms with Crippen LogP contribution in [-0.4, -0.2) is 78.1 Å². The highest BCUT2D eigenvalue weighted by atomic mass is 32.1. The first-order chi connectivity index (χ1) is 17.9. The van der Waals surface area contributed by atoms with Crippen LogP contribution in [0.25, 0.3) is 11.1 Å². The summed E-state index contributed by atoms with van der Waals surface area (Å²) in [6.07, 6.45) is 2.70. The van der Waals surface area contributed by atoms with E-state index < -0.39 is 5.97 Å². The van der Waals surface area contributed by atoms with E-state index in [1.54, 1.807) is 18.5 Å². The number of aromatic nitrogens is 2. The van der Waals surface area contributed by atoms with Crippen molar-refractivity contribution in [2.75, 3.05) is 56.6 Å². The van der Waals surface area contributed by atoms with Gasteiger partial charge in [-0.15, -0.1) is 11.3 Å². The average molecular weight is 523 g/mol. The number of carbonyl (C=O) groups excluding carboxylic acids is 2. The van der Waals surface area contributed by atoms with E-state index in [0.717, 1.165) is 53.6 Å². The van der Waals surface area contributed by atoms with Crippen molar-refractivity contribution in [3.05, 3.63) is 53.2 Å². The Morgan fingerprint density at radius 3 is 2.54 bits per heavy atom. The Hall–Kier alpha value is -3.50. The molecule has 9 nitrogen and oxygen atoms in total. The highest BCUT2D eigenvalue weighted by Gasteiger charge is 2.20. The lowest BCUT2D eigenvalue weighted by Crippen LogP contribution is -2.48. The van der Waals surface area contributed by atoms with Crippen LogP contribution in [0.4, 0.5) is 21.4 Å². The zero-order valence-electron chi connectivity index (χ0n) is 21.9. The molecule has 10 heteroatoms. The van der Waals surface area contributed by atoms with Crippen LogP contribution >= 0.6 is 11.3 Å². The Morgan fingerprint density at radius 1 is 1.11 bits per heavy atom. The van der Waals surface area contributed by atoms with Crippen molar-refractivity contribution in [2.45, 2.75) is 27.2 Å². The van der Waals surface area contributed by atoms with Crippen LogP contribution in [0.1, 0.15) is 36.3 Å². The van der Waals surface area contributed by atoms with Gasteiger partial charge in [0.05, 0.1) is 6.61 Å². The molecule has 1 N–H and O–H groups in total. The molecular weight excluding hydrogens is 488 g/mol. The molecule has 37 heavy (non-hydrogen) atoms. The average Bonchev–Trinajstić information content (AvgIpc) is 3.39. The number of ether oxygens (including phenoxy) is 1. The molecule has 2 aromatic heterocycles. The van der Waals surface area contributed by atoms with E-state index in [4.69, 9.17) is 4.74 Å². The zero-order valence-corrected chi connectivity index (χ0v) is 22.7. The van der Waals surface area contributed by atoms with Gasteiger partial charge in [0.1, 0.15) is 5.82 Å². The van der Waals surface area contributed by atoms with Gasteiger partial charge in [0.2, 0.25) is 0 Å². The van der Waals surface area contributed by atoms with Gasteiger partial charge in [-0.3, -0.25) is 5.32 Å². The van der Waals surface area contributed by atoms with Crippen LogP contribution < -0.4 is 10.2 Å². The largest absolute Gasteiger partial charge is 0.461 e. The minimum absolute atomic E-state index is 0.119. The summed E-state index contributed by atoms with van der Waals surface area (Å²) < 4.78 is 5.11. The molecule has 0 aliphatic carbocycles. The molecule has 1 aliphatic rings. The number of hydrogen-bond donors (Lipinski definition) is 1. The number of nitrogens with one attached hydrogen (secondary N) is 1. The van der Waals surface area contributed by atoms with Crippen molar-refractivity contribution in [2.24, 2.45) is 0 Å². The Balaban J connectivity index is 1.52. The molecule has 0 atom stereocenters. The number of piperazine rings is 1. The number of urea groups is 1. The minimum atomic E-state index is -0.405. The number of aryl methyl sites for hydroxylation is 1. The predicted molar refractivity (Wildman–Crippen MR) is 148 cm³/mol. The van der Waals surface area contributed by atoms with Gasteiger partial charge in [-0.1, -0.05) is 19.1 Å². The summed E-state index contributed by atoms with van der Waals surface area (Å²) >= 11 is 1.43. The van der Waals surface area contributed by atoms with Gasteiger partial charge in [0.15, 0.2) is 10.8 Å². The van der Waals surface area contributed by atoms with Gasteiger partial charge >= 0.3 is 12.0 Å². The molecule has 3 heterocycles. The lowest BCUT2D eigenvalue weighted by Gasteiger charge is -2.32. The van der Waals surface area contributed by atoms with E-state index in [1.807, 2.05) is 17.0 Å². The third kappa shape index (κ3) is 6.44. The minimum Gasteiger partial charge on any atom is -0.461 e. The normalized spacial score (nSPS) is 13.9. The molecule has 4 rings (SSSR count). The van der Waals surface area contributed by atoms with E-state index in [2.05, 4.69) is 64.2 Å². The number of anilines is 3. The molecular formula is C27H34N6O3S. The number of rotatable bonds is 8. The molecule has 1 aliphatic heterocycles. The van der Waals surface area contributed by atoms with Crippen molar-refractivity contribution >= 4 is 40.0 Å². The summed E-state index contributed by atoms with van der Waals surface area (Å²) in [5, 5.41) is 5.41. The summed E-state index contributed by atoms with van der Waals surface area (Å²) in [5.41, 5.74) is 4.41. The quantitative estimate of drug-likeness (QED) is 0.416. The summed E-state index contributed by atoms with van der Waals surface area (Å²) in [6, 6.07) is 9.94. The second kappa shape index (κ2) is 12.2. The monoisotopic (exact) mass is 522 g/mol. The number of pyridine rings is 1. The van der Waals surface area contributed by atoms with Crippen LogP contribution in [0.15, 0.2) is 41.9 Å². The maximum atomic E-state index is 12.6. The molecule has 0 unspecified atom stereocenters. The molecule has 196 valence electrons. The highest BCUT2D eigenvalue weighted by molar-refractivity contribution is 7.14. The first kappa shape index (κ1) is 26.6. The van der Waals surface area contributed by atoms with Crippen LogP contribution in [0.2, 0.25) is 0 Å². The highest BCUT2D eigenvalue weighted by Crippen LogP contribution is 2.34. The third-order valence-electron chi connectivity index (χ3n) is 6.28. The number of esters is 1. The van der Waals surface area contributed by atoms with Crippen LogP contribution in [-0.2, 0) is 4.74 Å². The van der Waals surface area contributed by atoms with Gasteiger partial charge in [0, 0.05) is 55.6 Å². The molecule has 0 bridgehead atoms. The van der Waals surface area contributed by atoms with Gasteiger partial charge in [-0.05, 0) is 56.6 Å². The number of benzene rings is 1. The van der Waals surface area contributed by atoms with E-state index in [9.17, 15) is 9.59 Å². The van der Waals surface area contributed by atoms with Crippen molar-refractivity contribution in [3.8, 4) is 11.1 Å². The van der Waals surface area contributed by atoms with E-state index in [-0.39, 0.29) is 6.03 Å². The number of nitrogens with zero attached hydrogens (tertiary/aromatic N) is 5. The van der Waals surface area contributed by atoms with Gasteiger partial charge in [-0.2, -0.15) is 0 Å². The number of amides is 2. The summed E-state index contributed by atoms with van der Waals surface area (Å²) in [4.78, 5) is 39.9.